The number of fused-ring (bicyclic) bond motifs is 3. The molecule has 128 valence electrons. The Balaban J connectivity index is 1.56. The normalized spacial score (nSPS) is 20.9. The molecule has 1 saturated heterocycles. The Labute approximate surface area is 143 Å². The zero-order valence-corrected chi connectivity index (χ0v) is 13.4. The number of nitrogens with zero attached hydrogens (tertiary/aromatic N) is 4. The van der Waals surface area contributed by atoms with Crippen LogP contribution in [0.2, 0.25) is 0 Å². The van der Waals surface area contributed by atoms with E-state index < -0.39 is 5.82 Å². The molecule has 0 spiro atoms. The maximum atomic E-state index is 13.4. The minimum Gasteiger partial charge on any atom is -0.473 e. The van der Waals surface area contributed by atoms with Crippen LogP contribution < -0.4 is 21.1 Å². The number of benzene rings is 1. The molecule has 0 radical (unpaired) electrons. The molecular formula is C17H16FN5O2. The first-order valence-electron chi connectivity index (χ1n) is 8.00. The predicted molar refractivity (Wildman–Crippen MR) is 87.7 cm³/mol. The Morgan fingerprint density at radius 3 is 3.04 bits per heavy atom. The molecule has 2 aliphatic heterocycles. The van der Waals surface area contributed by atoms with Crippen LogP contribution >= 0.6 is 0 Å². The van der Waals surface area contributed by atoms with Crippen molar-refractivity contribution >= 4 is 5.82 Å². The fourth-order valence-corrected chi connectivity index (χ4v) is 3.48. The van der Waals surface area contributed by atoms with Gasteiger partial charge in [-0.05, 0) is 24.1 Å². The molecule has 0 amide bonds. The summed E-state index contributed by atoms with van der Waals surface area (Å²) in [4.78, 5) is 18.3. The molecule has 8 heteroatoms. The molecule has 3 heterocycles. The van der Waals surface area contributed by atoms with E-state index in [-0.39, 0.29) is 35.8 Å². The summed E-state index contributed by atoms with van der Waals surface area (Å²) in [6.07, 6.45) is 0.851. The summed E-state index contributed by atoms with van der Waals surface area (Å²) in [7, 11) is 0. The molecular weight excluding hydrogens is 325 g/mol. The lowest BCUT2D eigenvalue weighted by atomic mass is 10.1. The maximum absolute atomic E-state index is 13.4. The summed E-state index contributed by atoms with van der Waals surface area (Å²) < 4.78 is 20.6. The zero-order chi connectivity index (χ0) is 17.6. The van der Waals surface area contributed by atoms with Crippen LogP contribution in [0.4, 0.5) is 10.2 Å². The van der Waals surface area contributed by atoms with Crippen LogP contribution in [0.1, 0.15) is 17.5 Å². The van der Waals surface area contributed by atoms with E-state index in [1.165, 1.54) is 18.2 Å². The van der Waals surface area contributed by atoms with Gasteiger partial charge in [-0.2, -0.15) is 10.2 Å². The Kier molecular flexibility index (Phi) is 3.66. The van der Waals surface area contributed by atoms with E-state index in [0.29, 0.717) is 18.7 Å². The van der Waals surface area contributed by atoms with E-state index in [0.717, 1.165) is 12.2 Å². The molecule has 2 aromatic rings. The monoisotopic (exact) mass is 341 g/mol. The third kappa shape index (κ3) is 2.72. The van der Waals surface area contributed by atoms with Crippen molar-refractivity contribution in [3.63, 3.8) is 0 Å². The first kappa shape index (κ1) is 15.6. The molecule has 2 N–H and O–H groups in total. The summed E-state index contributed by atoms with van der Waals surface area (Å²) in [5, 5.41) is 8.88. The van der Waals surface area contributed by atoms with Crippen molar-refractivity contribution in [2.24, 2.45) is 5.73 Å². The number of nitriles is 1. The third-order valence-corrected chi connectivity index (χ3v) is 4.64. The number of halogens is 1. The molecule has 2 atom stereocenters. The van der Waals surface area contributed by atoms with Crippen molar-refractivity contribution in [2.45, 2.75) is 31.7 Å². The van der Waals surface area contributed by atoms with E-state index in [1.807, 2.05) is 0 Å². The second kappa shape index (κ2) is 5.86. The van der Waals surface area contributed by atoms with Gasteiger partial charge in [-0.1, -0.05) is 6.07 Å². The van der Waals surface area contributed by atoms with E-state index >= 15 is 0 Å². The molecule has 2 aliphatic rings. The van der Waals surface area contributed by atoms with Gasteiger partial charge in [-0.25, -0.2) is 9.18 Å². The zero-order valence-electron chi connectivity index (χ0n) is 13.4. The van der Waals surface area contributed by atoms with Gasteiger partial charge in [-0.3, -0.25) is 4.57 Å². The van der Waals surface area contributed by atoms with Crippen LogP contribution in [0, 0.1) is 17.1 Å². The van der Waals surface area contributed by atoms with Crippen molar-refractivity contribution in [1.29, 1.82) is 5.26 Å². The average molecular weight is 341 g/mol. The molecule has 0 bridgehead atoms. The minimum atomic E-state index is -0.573. The number of aromatic nitrogens is 2. The maximum Gasteiger partial charge on any atom is 0.352 e. The summed E-state index contributed by atoms with van der Waals surface area (Å²) in [5.41, 5.74) is 6.23. The quantitative estimate of drug-likeness (QED) is 0.885. The summed E-state index contributed by atoms with van der Waals surface area (Å²) >= 11 is 0. The van der Waals surface area contributed by atoms with Crippen LogP contribution in [0.15, 0.2) is 29.1 Å². The van der Waals surface area contributed by atoms with Gasteiger partial charge < -0.3 is 15.4 Å². The number of anilines is 1. The lowest BCUT2D eigenvalue weighted by molar-refractivity contribution is 0.291. The van der Waals surface area contributed by atoms with Gasteiger partial charge in [0.1, 0.15) is 24.3 Å². The van der Waals surface area contributed by atoms with Crippen molar-refractivity contribution in [1.82, 2.24) is 9.55 Å². The van der Waals surface area contributed by atoms with E-state index in [2.05, 4.69) is 9.88 Å². The molecule has 7 nitrogen and oxygen atoms in total. The van der Waals surface area contributed by atoms with Gasteiger partial charge in [0.15, 0.2) is 0 Å². The minimum absolute atomic E-state index is 0.0445. The standard InChI is InChI=1S/C17H16FN5O2/c18-14-2-1-10(3-11(14)6-19)9-25-15-5-16-22-7-12(20)4-13(22)8-23(16)17(24)21-15/h1-3,5,12-13H,4,7-9,20H2/t12-,13-/m1/s1. The van der Waals surface area contributed by atoms with E-state index in [1.54, 1.807) is 16.7 Å². The van der Waals surface area contributed by atoms with Crippen molar-refractivity contribution in [3.8, 4) is 11.9 Å². The summed E-state index contributed by atoms with van der Waals surface area (Å²) in [5.74, 6) is 0.404. The molecule has 0 saturated carbocycles. The molecule has 1 aromatic carbocycles. The molecule has 0 aliphatic carbocycles. The second-order valence-corrected chi connectivity index (χ2v) is 6.36. The highest BCUT2D eigenvalue weighted by molar-refractivity contribution is 5.48. The van der Waals surface area contributed by atoms with Crippen LogP contribution in [-0.4, -0.2) is 28.2 Å². The number of ether oxygens (including phenoxy) is 1. The molecule has 1 fully saturated rings. The van der Waals surface area contributed by atoms with Crippen molar-refractivity contribution < 1.29 is 9.13 Å². The largest absolute Gasteiger partial charge is 0.473 e. The van der Waals surface area contributed by atoms with Gasteiger partial charge in [0.25, 0.3) is 0 Å². The number of hydrogen-bond acceptors (Lipinski definition) is 6. The lowest BCUT2D eigenvalue weighted by Crippen LogP contribution is -2.28. The fraction of sp³-hybridized carbons (Fsp3) is 0.353. The molecule has 25 heavy (non-hydrogen) atoms. The van der Waals surface area contributed by atoms with Gasteiger partial charge in [0.05, 0.1) is 11.6 Å². The molecule has 0 unspecified atom stereocenters. The smallest absolute Gasteiger partial charge is 0.352 e. The van der Waals surface area contributed by atoms with Crippen LogP contribution in [0.25, 0.3) is 0 Å². The fourth-order valence-electron chi connectivity index (χ4n) is 3.48. The molecule has 1 aromatic heterocycles. The SMILES string of the molecule is N#Cc1cc(COc2cc3n(c(=O)n2)C[C@H]2C[C@@H](N)CN32)ccc1F. The van der Waals surface area contributed by atoms with Gasteiger partial charge in [0, 0.05) is 25.2 Å². The first-order chi connectivity index (χ1) is 12.0. The van der Waals surface area contributed by atoms with Crippen LogP contribution in [-0.2, 0) is 13.2 Å². The summed E-state index contributed by atoms with van der Waals surface area (Å²) in [6.45, 7) is 1.39. The Morgan fingerprint density at radius 2 is 2.24 bits per heavy atom. The number of hydrogen-bond donors (Lipinski definition) is 1. The van der Waals surface area contributed by atoms with Crippen LogP contribution in [0.3, 0.4) is 0 Å². The van der Waals surface area contributed by atoms with Crippen LogP contribution in [0.5, 0.6) is 5.88 Å². The molecule has 4 rings (SSSR count). The van der Waals surface area contributed by atoms with Crippen molar-refractivity contribution in [3.05, 3.63) is 51.7 Å². The highest BCUT2D eigenvalue weighted by Crippen LogP contribution is 2.32. The average Bonchev–Trinajstić information content (AvgIpc) is 3.11. The van der Waals surface area contributed by atoms with Gasteiger partial charge in [0.2, 0.25) is 5.88 Å². The van der Waals surface area contributed by atoms with Gasteiger partial charge >= 0.3 is 5.69 Å². The lowest BCUT2D eigenvalue weighted by Gasteiger charge is -2.17. The van der Waals surface area contributed by atoms with Gasteiger partial charge in [-0.15, -0.1) is 0 Å². The Hall–Kier alpha value is -2.92. The highest BCUT2D eigenvalue weighted by atomic mass is 19.1. The first-order valence-corrected chi connectivity index (χ1v) is 8.00. The van der Waals surface area contributed by atoms with Crippen molar-refractivity contribution in [2.75, 3.05) is 11.4 Å². The van der Waals surface area contributed by atoms with E-state index in [4.69, 9.17) is 15.7 Å². The Morgan fingerprint density at radius 1 is 1.40 bits per heavy atom. The predicted octanol–water partition coefficient (Wildman–Crippen LogP) is 0.753. The number of rotatable bonds is 3. The second-order valence-electron chi connectivity index (χ2n) is 6.36. The summed E-state index contributed by atoms with van der Waals surface area (Å²) in [6, 6.07) is 8.03. The Bertz CT molecular complexity index is 936. The highest BCUT2D eigenvalue weighted by Gasteiger charge is 2.38. The topological polar surface area (TPSA) is 97.2 Å². The van der Waals surface area contributed by atoms with E-state index in [9.17, 15) is 9.18 Å². The third-order valence-electron chi connectivity index (χ3n) is 4.64. The number of nitrogens with two attached hydrogens (primary N) is 1.